The van der Waals surface area contributed by atoms with Gasteiger partial charge in [0.05, 0.1) is 11.0 Å². The lowest BCUT2D eigenvalue weighted by atomic mass is 10.1. The van der Waals surface area contributed by atoms with Crippen molar-refractivity contribution in [1.29, 1.82) is 0 Å². The molecule has 0 aliphatic carbocycles. The quantitative estimate of drug-likeness (QED) is 0.714. The summed E-state index contributed by atoms with van der Waals surface area (Å²) in [6.07, 6.45) is 0.587. The summed E-state index contributed by atoms with van der Waals surface area (Å²) in [5.74, 6) is 0.592. The van der Waals surface area contributed by atoms with E-state index in [2.05, 4.69) is 16.5 Å². The third-order valence-electron chi connectivity index (χ3n) is 3.25. The van der Waals surface area contributed by atoms with Crippen LogP contribution in [0.25, 0.3) is 16.8 Å². The molecule has 0 unspecified atom stereocenters. The molecular weight excluding hydrogens is 238 g/mol. The summed E-state index contributed by atoms with van der Waals surface area (Å²) in [5, 5.41) is 0. The van der Waals surface area contributed by atoms with Crippen LogP contribution in [0.3, 0.4) is 0 Å². The van der Waals surface area contributed by atoms with E-state index in [9.17, 15) is 4.79 Å². The van der Waals surface area contributed by atoms with Crippen molar-refractivity contribution in [2.75, 3.05) is 0 Å². The standard InChI is InChI=1S/C15H15N3O/c1-9(2)8-11-10(3)16-15-17-12-6-4-5-7-13(12)18(15)14(11)19/h4-7H,1,8H2,2-3H3,(H,16,17). The average molecular weight is 253 g/mol. The Morgan fingerprint density at radius 1 is 1.42 bits per heavy atom. The Kier molecular flexibility index (Phi) is 2.52. The Bertz CT molecular complexity index is 855. The van der Waals surface area contributed by atoms with Gasteiger partial charge < -0.3 is 4.98 Å². The fraction of sp³-hybridized carbons (Fsp3) is 0.200. The van der Waals surface area contributed by atoms with E-state index in [4.69, 9.17) is 0 Å². The molecule has 0 amide bonds. The van der Waals surface area contributed by atoms with Crippen molar-refractivity contribution in [2.45, 2.75) is 20.3 Å². The highest BCUT2D eigenvalue weighted by Gasteiger charge is 2.13. The van der Waals surface area contributed by atoms with E-state index in [-0.39, 0.29) is 5.56 Å². The number of allylic oxidation sites excluding steroid dienone is 1. The van der Waals surface area contributed by atoms with Crippen LogP contribution in [0.1, 0.15) is 18.2 Å². The van der Waals surface area contributed by atoms with Crippen LogP contribution in [0, 0.1) is 6.92 Å². The first-order chi connectivity index (χ1) is 9.08. The zero-order chi connectivity index (χ0) is 13.6. The lowest BCUT2D eigenvalue weighted by Gasteiger charge is -2.06. The molecular formula is C15H15N3O. The molecule has 0 bridgehead atoms. The molecule has 96 valence electrons. The van der Waals surface area contributed by atoms with Crippen LogP contribution in [0.2, 0.25) is 0 Å². The second-order valence-electron chi connectivity index (χ2n) is 4.93. The number of benzene rings is 1. The van der Waals surface area contributed by atoms with Gasteiger partial charge in [-0.15, -0.1) is 0 Å². The average Bonchev–Trinajstić information content (AvgIpc) is 2.72. The van der Waals surface area contributed by atoms with E-state index >= 15 is 0 Å². The molecule has 4 heteroatoms. The Morgan fingerprint density at radius 3 is 2.89 bits per heavy atom. The van der Waals surface area contributed by atoms with E-state index < -0.39 is 0 Å². The van der Waals surface area contributed by atoms with Gasteiger partial charge in [-0.05, 0) is 32.4 Å². The number of aromatic nitrogens is 3. The molecule has 3 aromatic rings. The first kappa shape index (κ1) is 11.7. The summed E-state index contributed by atoms with van der Waals surface area (Å²) in [6, 6.07) is 7.64. The van der Waals surface area contributed by atoms with E-state index in [1.54, 1.807) is 4.40 Å². The van der Waals surface area contributed by atoms with E-state index in [1.165, 1.54) is 0 Å². The minimum absolute atomic E-state index is 0.0112. The number of aromatic amines is 1. The molecule has 0 atom stereocenters. The summed E-state index contributed by atoms with van der Waals surface area (Å²) in [7, 11) is 0. The molecule has 0 saturated heterocycles. The maximum atomic E-state index is 12.6. The molecule has 0 radical (unpaired) electrons. The summed E-state index contributed by atoms with van der Waals surface area (Å²) < 4.78 is 1.64. The zero-order valence-corrected chi connectivity index (χ0v) is 11.0. The number of hydrogen-bond donors (Lipinski definition) is 1. The molecule has 1 N–H and O–H groups in total. The first-order valence-electron chi connectivity index (χ1n) is 6.21. The number of fused-ring (bicyclic) bond motifs is 3. The van der Waals surface area contributed by atoms with Crippen molar-refractivity contribution < 1.29 is 0 Å². The van der Waals surface area contributed by atoms with Crippen LogP contribution in [0.15, 0.2) is 41.2 Å². The molecule has 19 heavy (non-hydrogen) atoms. The minimum Gasteiger partial charge on any atom is -0.329 e. The van der Waals surface area contributed by atoms with Gasteiger partial charge in [-0.25, -0.2) is 9.38 Å². The van der Waals surface area contributed by atoms with Gasteiger partial charge in [-0.2, -0.15) is 0 Å². The van der Waals surface area contributed by atoms with Crippen molar-refractivity contribution in [1.82, 2.24) is 14.4 Å². The number of H-pyrrole nitrogens is 1. The maximum Gasteiger partial charge on any atom is 0.263 e. The minimum atomic E-state index is -0.0112. The molecule has 1 aromatic carbocycles. The van der Waals surface area contributed by atoms with Crippen LogP contribution in [0.4, 0.5) is 0 Å². The van der Waals surface area contributed by atoms with Crippen molar-refractivity contribution >= 4 is 16.8 Å². The molecule has 3 rings (SSSR count). The Balaban J connectivity index is 2.45. The highest BCUT2D eigenvalue weighted by molar-refractivity contribution is 5.79. The van der Waals surface area contributed by atoms with E-state index in [0.29, 0.717) is 12.2 Å². The van der Waals surface area contributed by atoms with Crippen molar-refractivity contribution in [3.05, 3.63) is 58.0 Å². The summed E-state index contributed by atoms with van der Waals surface area (Å²) in [4.78, 5) is 20.3. The number of nitrogens with one attached hydrogen (secondary N) is 1. The second-order valence-corrected chi connectivity index (χ2v) is 4.93. The number of para-hydroxylation sites is 2. The summed E-state index contributed by atoms with van der Waals surface area (Å²) in [5.41, 5.74) is 4.23. The van der Waals surface area contributed by atoms with Gasteiger partial charge in [-0.1, -0.05) is 24.3 Å². The van der Waals surface area contributed by atoms with Crippen LogP contribution < -0.4 is 5.56 Å². The normalized spacial score (nSPS) is 11.3. The third-order valence-corrected chi connectivity index (χ3v) is 3.25. The van der Waals surface area contributed by atoms with Gasteiger partial charge in [0.15, 0.2) is 0 Å². The van der Waals surface area contributed by atoms with Crippen molar-refractivity contribution in [3.63, 3.8) is 0 Å². The smallest absolute Gasteiger partial charge is 0.263 e. The van der Waals surface area contributed by atoms with Crippen molar-refractivity contribution in [3.8, 4) is 0 Å². The van der Waals surface area contributed by atoms with Gasteiger partial charge in [-0.3, -0.25) is 4.79 Å². The third kappa shape index (κ3) is 1.76. The Morgan fingerprint density at radius 2 is 2.16 bits per heavy atom. The molecule has 0 spiro atoms. The SMILES string of the molecule is C=C(C)Cc1c(C)[nH]c2nc3ccccc3n2c1=O. The molecule has 0 fully saturated rings. The predicted octanol–water partition coefficient (Wildman–Crippen LogP) is 2.60. The number of hydrogen-bond acceptors (Lipinski definition) is 2. The lowest BCUT2D eigenvalue weighted by Crippen LogP contribution is -2.21. The lowest BCUT2D eigenvalue weighted by molar-refractivity contribution is 0.960. The van der Waals surface area contributed by atoms with E-state index in [1.807, 2.05) is 38.1 Å². The van der Waals surface area contributed by atoms with Gasteiger partial charge in [0, 0.05) is 11.3 Å². The highest BCUT2D eigenvalue weighted by Crippen LogP contribution is 2.15. The van der Waals surface area contributed by atoms with Crippen LogP contribution in [-0.4, -0.2) is 14.4 Å². The summed E-state index contributed by atoms with van der Waals surface area (Å²) >= 11 is 0. The number of imidazole rings is 1. The number of aryl methyl sites for hydroxylation is 1. The van der Waals surface area contributed by atoms with Crippen LogP contribution >= 0.6 is 0 Å². The van der Waals surface area contributed by atoms with Crippen molar-refractivity contribution in [2.24, 2.45) is 0 Å². The number of rotatable bonds is 2. The van der Waals surface area contributed by atoms with Gasteiger partial charge in [0.2, 0.25) is 5.78 Å². The topological polar surface area (TPSA) is 50.2 Å². The Hall–Kier alpha value is -2.36. The van der Waals surface area contributed by atoms with Crippen LogP contribution in [-0.2, 0) is 6.42 Å². The molecule has 0 aliphatic rings. The monoisotopic (exact) mass is 253 g/mol. The molecule has 2 heterocycles. The van der Waals surface area contributed by atoms with Gasteiger partial charge in [0.1, 0.15) is 0 Å². The maximum absolute atomic E-state index is 12.6. The largest absolute Gasteiger partial charge is 0.329 e. The fourth-order valence-electron chi connectivity index (χ4n) is 2.36. The molecule has 2 aromatic heterocycles. The summed E-state index contributed by atoms with van der Waals surface area (Å²) in [6.45, 7) is 7.71. The zero-order valence-electron chi connectivity index (χ0n) is 11.0. The van der Waals surface area contributed by atoms with Gasteiger partial charge in [0.25, 0.3) is 5.56 Å². The molecule has 4 nitrogen and oxygen atoms in total. The molecule has 0 aliphatic heterocycles. The Labute approximate surface area is 110 Å². The van der Waals surface area contributed by atoms with Gasteiger partial charge >= 0.3 is 0 Å². The number of nitrogens with zero attached hydrogens (tertiary/aromatic N) is 2. The van der Waals surface area contributed by atoms with Crippen LogP contribution in [0.5, 0.6) is 0 Å². The van der Waals surface area contributed by atoms with E-state index in [0.717, 1.165) is 27.9 Å². The molecule has 0 saturated carbocycles. The highest BCUT2D eigenvalue weighted by atomic mass is 16.1. The fourth-order valence-corrected chi connectivity index (χ4v) is 2.36. The second kappa shape index (κ2) is 4.09. The first-order valence-corrected chi connectivity index (χ1v) is 6.21. The predicted molar refractivity (Wildman–Crippen MR) is 76.6 cm³/mol.